The zero-order valence-corrected chi connectivity index (χ0v) is 12.8. The lowest BCUT2D eigenvalue weighted by atomic mass is 10.0. The minimum atomic E-state index is -0.493. The first kappa shape index (κ1) is 15.1. The average Bonchev–Trinajstić information content (AvgIpc) is 2.76. The predicted octanol–water partition coefficient (Wildman–Crippen LogP) is 2.33. The molecule has 3 atom stereocenters. The zero-order chi connectivity index (χ0) is 14.7. The first-order valence-electron chi connectivity index (χ1n) is 7.17. The van der Waals surface area contributed by atoms with E-state index in [-0.39, 0.29) is 0 Å². The van der Waals surface area contributed by atoms with Gasteiger partial charge in [-0.15, -0.1) is 0 Å². The fourth-order valence-corrected chi connectivity index (χ4v) is 2.81. The number of aliphatic hydroxyl groups excluding tert-OH is 1. The maximum absolute atomic E-state index is 10.4. The Morgan fingerprint density at radius 1 is 1.15 bits per heavy atom. The Labute approximate surface area is 121 Å². The SMILES string of the molecule is COc1ccc(C(O)CN2CC(C)C(C)C2)cc1OC. The van der Waals surface area contributed by atoms with E-state index in [0.717, 1.165) is 18.7 Å². The molecule has 20 heavy (non-hydrogen) atoms. The quantitative estimate of drug-likeness (QED) is 0.898. The van der Waals surface area contributed by atoms with Gasteiger partial charge in [0.25, 0.3) is 0 Å². The van der Waals surface area contributed by atoms with E-state index in [1.165, 1.54) is 0 Å². The maximum Gasteiger partial charge on any atom is 0.161 e. The number of likely N-dealkylation sites (tertiary alicyclic amines) is 1. The van der Waals surface area contributed by atoms with Gasteiger partial charge in [-0.2, -0.15) is 0 Å². The van der Waals surface area contributed by atoms with Gasteiger partial charge in [-0.1, -0.05) is 19.9 Å². The van der Waals surface area contributed by atoms with Crippen molar-refractivity contribution in [3.05, 3.63) is 23.8 Å². The molecule has 0 amide bonds. The Kier molecular flexibility index (Phi) is 4.89. The Morgan fingerprint density at radius 2 is 1.75 bits per heavy atom. The van der Waals surface area contributed by atoms with E-state index in [0.29, 0.717) is 29.9 Å². The predicted molar refractivity (Wildman–Crippen MR) is 79.3 cm³/mol. The summed E-state index contributed by atoms with van der Waals surface area (Å²) in [6.07, 6.45) is -0.493. The van der Waals surface area contributed by atoms with Gasteiger partial charge in [-0.25, -0.2) is 0 Å². The molecule has 0 saturated carbocycles. The normalized spacial score (nSPS) is 24.6. The fourth-order valence-electron chi connectivity index (χ4n) is 2.81. The van der Waals surface area contributed by atoms with E-state index in [1.54, 1.807) is 14.2 Å². The van der Waals surface area contributed by atoms with Crippen LogP contribution in [-0.4, -0.2) is 43.9 Å². The van der Waals surface area contributed by atoms with Gasteiger partial charge in [-0.05, 0) is 29.5 Å². The molecule has 1 saturated heterocycles. The van der Waals surface area contributed by atoms with Gasteiger partial charge in [0.05, 0.1) is 20.3 Å². The van der Waals surface area contributed by atoms with Gasteiger partial charge in [0, 0.05) is 19.6 Å². The third-order valence-electron chi connectivity index (χ3n) is 4.29. The summed E-state index contributed by atoms with van der Waals surface area (Å²) in [6, 6.07) is 5.59. The molecule has 2 rings (SSSR count). The summed E-state index contributed by atoms with van der Waals surface area (Å²) in [4.78, 5) is 2.33. The molecule has 1 fully saturated rings. The van der Waals surface area contributed by atoms with E-state index in [4.69, 9.17) is 9.47 Å². The van der Waals surface area contributed by atoms with Crippen LogP contribution in [0, 0.1) is 11.8 Å². The lowest BCUT2D eigenvalue weighted by Gasteiger charge is -2.21. The molecule has 1 heterocycles. The van der Waals surface area contributed by atoms with Crippen LogP contribution in [-0.2, 0) is 0 Å². The van der Waals surface area contributed by atoms with Crippen molar-refractivity contribution in [3.63, 3.8) is 0 Å². The van der Waals surface area contributed by atoms with Crippen LogP contribution >= 0.6 is 0 Å². The van der Waals surface area contributed by atoms with E-state index < -0.39 is 6.10 Å². The van der Waals surface area contributed by atoms with Gasteiger partial charge in [0.1, 0.15) is 0 Å². The molecule has 3 unspecified atom stereocenters. The first-order chi connectivity index (χ1) is 9.55. The highest BCUT2D eigenvalue weighted by molar-refractivity contribution is 5.43. The van der Waals surface area contributed by atoms with Crippen molar-refractivity contribution in [1.29, 1.82) is 0 Å². The highest BCUT2D eigenvalue weighted by Crippen LogP contribution is 2.31. The minimum absolute atomic E-state index is 0.493. The summed E-state index contributed by atoms with van der Waals surface area (Å²) in [5.41, 5.74) is 0.870. The molecule has 4 heteroatoms. The lowest BCUT2D eigenvalue weighted by Crippen LogP contribution is -2.26. The molecule has 0 spiro atoms. The van der Waals surface area contributed by atoms with Crippen molar-refractivity contribution >= 4 is 0 Å². The molecular weight excluding hydrogens is 254 g/mol. The molecule has 0 radical (unpaired) electrons. The Balaban J connectivity index is 2.04. The molecule has 1 aliphatic heterocycles. The van der Waals surface area contributed by atoms with Crippen molar-refractivity contribution < 1.29 is 14.6 Å². The third kappa shape index (κ3) is 3.25. The third-order valence-corrected chi connectivity index (χ3v) is 4.29. The van der Waals surface area contributed by atoms with Gasteiger partial charge >= 0.3 is 0 Å². The van der Waals surface area contributed by atoms with Crippen LogP contribution in [0.25, 0.3) is 0 Å². The van der Waals surface area contributed by atoms with Crippen LogP contribution in [0.4, 0.5) is 0 Å². The summed E-state index contributed by atoms with van der Waals surface area (Å²) in [5.74, 6) is 2.75. The van der Waals surface area contributed by atoms with Gasteiger partial charge in [-0.3, -0.25) is 4.90 Å². The second-order valence-electron chi connectivity index (χ2n) is 5.80. The summed E-state index contributed by atoms with van der Waals surface area (Å²) < 4.78 is 10.5. The Morgan fingerprint density at radius 3 is 2.30 bits per heavy atom. The number of hydrogen-bond donors (Lipinski definition) is 1. The number of aliphatic hydroxyl groups is 1. The van der Waals surface area contributed by atoms with Crippen LogP contribution in [0.15, 0.2) is 18.2 Å². The first-order valence-corrected chi connectivity index (χ1v) is 7.17. The number of nitrogens with zero attached hydrogens (tertiary/aromatic N) is 1. The monoisotopic (exact) mass is 279 g/mol. The second kappa shape index (κ2) is 6.46. The molecule has 4 nitrogen and oxygen atoms in total. The molecule has 1 aromatic carbocycles. The number of rotatable bonds is 5. The molecule has 0 bridgehead atoms. The topological polar surface area (TPSA) is 41.9 Å². The van der Waals surface area contributed by atoms with Crippen LogP contribution in [0.5, 0.6) is 11.5 Å². The van der Waals surface area contributed by atoms with Crippen molar-refractivity contribution in [2.45, 2.75) is 20.0 Å². The van der Waals surface area contributed by atoms with Gasteiger partial charge < -0.3 is 14.6 Å². The van der Waals surface area contributed by atoms with Crippen molar-refractivity contribution in [1.82, 2.24) is 4.90 Å². The number of hydrogen-bond acceptors (Lipinski definition) is 4. The van der Waals surface area contributed by atoms with Crippen LogP contribution < -0.4 is 9.47 Å². The molecule has 112 valence electrons. The molecular formula is C16H25NO3. The Bertz CT molecular complexity index is 439. The summed E-state index contributed by atoms with van der Waals surface area (Å²) in [6.45, 7) is 7.34. The Hall–Kier alpha value is -1.26. The van der Waals surface area contributed by atoms with Crippen LogP contribution in [0.2, 0.25) is 0 Å². The van der Waals surface area contributed by atoms with Gasteiger partial charge in [0.2, 0.25) is 0 Å². The minimum Gasteiger partial charge on any atom is -0.493 e. The van der Waals surface area contributed by atoms with Crippen molar-refractivity contribution in [2.24, 2.45) is 11.8 Å². The molecule has 1 aliphatic rings. The molecule has 1 aromatic rings. The van der Waals surface area contributed by atoms with E-state index >= 15 is 0 Å². The van der Waals surface area contributed by atoms with Crippen LogP contribution in [0.1, 0.15) is 25.5 Å². The number of benzene rings is 1. The number of β-amino-alcohol motifs (C(OH)–C–C–N with tert-alkyl or cyclic N) is 1. The standard InChI is InChI=1S/C16H25NO3/c1-11-8-17(9-12(11)2)10-14(18)13-5-6-15(19-3)16(7-13)20-4/h5-7,11-12,14,18H,8-10H2,1-4H3. The number of methoxy groups -OCH3 is 2. The van der Waals surface area contributed by atoms with E-state index in [1.807, 2.05) is 18.2 Å². The fraction of sp³-hybridized carbons (Fsp3) is 0.625. The second-order valence-corrected chi connectivity index (χ2v) is 5.80. The molecule has 0 aliphatic carbocycles. The largest absolute Gasteiger partial charge is 0.493 e. The summed E-state index contributed by atoms with van der Waals surface area (Å²) >= 11 is 0. The van der Waals surface area contributed by atoms with Crippen molar-refractivity contribution in [2.75, 3.05) is 33.9 Å². The smallest absolute Gasteiger partial charge is 0.161 e. The van der Waals surface area contributed by atoms with Crippen molar-refractivity contribution in [3.8, 4) is 11.5 Å². The maximum atomic E-state index is 10.4. The number of ether oxygens (including phenoxy) is 2. The molecule has 0 aromatic heterocycles. The van der Waals surface area contributed by atoms with E-state index in [9.17, 15) is 5.11 Å². The highest BCUT2D eigenvalue weighted by Gasteiger charge is 2.27. The average molecular weight is 279 g/mol. The van der Waals surface area contributed by atoms with Gasteiger partial charge in [0.15, 0.2) is 11.5 Å². The summed E-state index contributed by atoms with van der Waals surface area (Å²) in [7, 11) is 3.22. The van der Waals surface area contributed by atoms with Crippen LogP contribution in [0.3, 0.4) is 0 Å². The lowest BCUT2D eigenvalue weighted by molar-refractivity contribution is 0.123. The van der Waals surface area contributed by atoms with E-state index in [2.05, 4.69) is 18.7 Å². The highest BCUT2D eigenvalue weighted by atomic mass is 16.5. The summed E-state index contributed by atoms with van der Waals surface area (Å²) in [5, 5.41) is 10.4. The zero-order valence-electron chi connectivity index (χ0n) is 12.8. The molecule has 1 N–H and O–H groups in total.